The first kappa shape index (κ1) is 6.19. The minimum Gasteiger partial charge on any atom is -0.388 e. The van der Waals surface area contributed by atoms with Crippen LogP contribution in [0.4, 0.5) is 0 Å². The number of hydrogen-bond acceptors (Lipinski definition) is 2. The molecule has 0 radical (unpaired) electrons. The molecule has 0 aliphatic rings. The SMILES string of the molecule is C=C[C@H](O)CC#N. The molecule has 2 nitrogen and oxygen atoms in total. The third kappa shape index (κ3) is 3.01. The molecular weight excluding hydrogens is 90.1 g/mol. The van der Waals surface area contributed by atoms with Crippen molar-refractivity contribution in [3.8, 4) is 6.07 Å². The predicted molar refractivity (Wildman–Crippen MR) is 26.4 cm³/mol. The molecule has 0 unspecified atom stereocenters. The quantitative estimate of drug-likeness (QED) is 0.508. The highest BCUT2D eigenvalue weighted by atomic mass is 16.3. The average molecular weight is 97.1 g/mol. The van der Waals surface area contributed by atoms with E-state index < -0.39 is 6.10 Å². The van der Waals surface area contributed by atoms with Crippen molar-refractivity contribution in [2.24, 2.45) is 0 Å². The van der Waals surface area contributed by atoms with E-state index in [1.165, 1.54) is 6.08 Å². The molecule has 0 aliphatic carbocycles. The van der Waals surface area contributed by atoms with E-state index in [9.17, 15) is 0 Å². The van der Waals surface area contributed by atoms with Crippen LogP contribution in [0.3, 0.4) is 0 Å². The molecule has 0 heterocycles. The van der Waals surface area contributed by atoms with E-state index >= 15 is 0 Å². The van der Waals surface area contributed by atoms with Gasteiger partial charge in [0.1, 0.15) is 0 Å². The second-order valence-corrected chi connectivity index (χ2v) is 1.17. The van der Waals surface area contributed by atoms with Crippen molar-refractivity contribution >= 4 is 0 Å². The topological polar surface area (TPSA) is 44.0 Å². The van der Waals surface area contributed by atoms with Crippen LogP contribution in [0.25, 0.3) is 0 Å². The molecule has 1 N–H and O–H groups in total. The number of hydrogen-bond donors (Lipinski definition) is 1. The fraction of sp³-hybridized carbons (Fsp3) is 0.400. The van der Waals surface area contributed by atoms with Crippen LogP contribution in [-0.2, 0) is 0 Å². The molecule has 7 heavy (non-hydrogen) atoms. The molecule has 0 spiro atoms. The molecule has 0 aliphatic heterocycles. The van der Waals surface area contributed by atoms with Gasteiger partial charge in [-0.05, 0) is 0 Å². The summed E-state index contributed by atoms with van der Waals surface area (Å²) in [5, 5.41) is 16.4. The van der Waals surface area contributed by atoms with Crippen LogP contribution < -0.4 is 0 Å². The van der Waals surface area contributed by atoms with Gasteiger partial charge in [-0.1, -0.05) is 6.08 Å². The van der Waals surface area contributed by atoms with Crippen molar-refractivity contribution < 1.29 is 5.11 Å². The molecule has 0 aromatic carbocycles. The number of rotatable bonds is 2. The van der Waals surface area contributed by atoms with Gasteiger partial charge in [0.2, 0.25) is 0 Å². The zero-order valence-corrected chi connectivity index (χ0v) is 3.96. The van der Waals surface area contributed by atoms with Crippen molar-refractivity contribution in [2.45, 2.75) is 12.5 Å². The predicted octanol–water partition coefficient (Wildman–Crippen LogP) is 0.447. The summed E-state index contributed by atoms with van der Waals surface area (Å²) in [4.78, 5) is 0. The Balaban J connectivity index is 3.21. The number of aliphatic hydroxyl groups excluding tert-OH is 1. The lowest BCUT2D eigenvalue weighted by Crippen LogP contribution is -1.97. The van der Waals surface area contributed by atoms with Gasteiger partial charge in [0.15, 0.2) is 0 Å². The van der Waals surface area contributed by atoms with Crippen LogP contribution in [0.2, 0.25) is 0 Å². The zero-order valence-electron chi connectivity index (χ0n) is 3.96. The third-order valence-corrected chi connectivity index (χ3v) is 0.573. The molecule has 38 valence electrons. The smallest absolute Gasteiger partial charge is 0.0848 e. The van der Waals surface area contributed by atoms with Crippen LogP contribution in [-0.4, -0.2) is 11.2 Å². The molecule has 0 bridgehead atoms. The van der Waals surface area contributed by atoms with Crippen molar-refractivity contribution in [2.75, 3.05) is 0 Å². The average Bonchev–Trinajstić information content (AvgIpc) is 1.68. The van der Waals surface area contributed by atoms with E-state index in [1.54, 1.807) is 6.07 Å². The molecule has 0 fully saturated rings. The summed E-state index contributed by atoms with van der Waals surface area (Å²) in [6.45, 7) is 3.28. The Morgan fingerprint density at radius 2 is 2.57 bits per heavy atom. The van der Waals surface area contributed by atoms with Gasteiger partial charge in [0, 0.05) is 0 Å². The standard InChI is InChI=1S/C5H7NO/c1-2-5(7)3-4-6/h2,5,7H,1,3H2/t5-/m0/s1. The molecule has 0 amide bonds. The fourth-order valence-corrected chi connectivity index (χ4v) is 0.177. The van der Waals surface area contributed by atoms with Crippen LogP contribution in [0.5, 0.6) is 0 Å². The van der Waals surface area contributed by atoms with Gasteiger partial charge in [0.05, 0.1) is 18.6 Å². The molecule has 0 saturated carbocycles. The second-order valence-electron chi connectivity index (χ2n) is 1.17. The number of nitrogens with zero attached hydrogens (tertiary/aromatic N) is 1. The Labute approximate surface area is 42.7 Å². The largest absolute Gasteiger partial charge is 0.388 e. The molecule has 0 rings (SSSR count). The van der Waals surface area contributed by atoms with Crippen molar-refractivity contribution in [3.05, 3.63) is 12.7 Å². The number of aliphatic hydroxyl groups is 1. The molecule has 2 heteroatoms. The first-order valence-electron chi connectivity index (χ1n) is 1.99. The highest BCUT2D eigenvalue weighted by molar-refractivity contribution is 4.86. The molecular formula is C5H7NO. The maximum absolute atomic E-state index is 8.52. The summed E-state index contributed by atoms with van der Waals surface area (Å²) in [6, 6.07) is 1.80. The Morgan fingerprint density at radius 3 is 2.71 bits per heavy atom. The maximum atomic E-state index is 8.52. The van der Waals surface area contributed by atoms with E-state index in [0.29, 0.717) is 0 Å². The maximum Gasteiger partial charge on any atom is 0.0848 e. The van der Waals surface area contributed by atoms with E-state index in [-0.39, 0.29) is 6.42 Å². The lowest BCUT2D eigenvalue weighted by Gasteiger charge is -1.91. The van der Waals surface area contributed by atoms with Crippen molar-refractivity contribution in [1.29, 1.82) is 5.26 Å². The molecule has 0 aromatic heterocycles. The highest BCUT2D eigenvalue weighted by Gasteiger charge is 1.91. The fourth-order valence-electron chi connectivity index (χ4n) is 0.177. The molecule has 0 aromatic rings. The van der Waals surface area contributed by atoms with Crippen LogP contribution >= 0.6 is 0 Å². The van der Waals surface area contributed by atoms with E-state index in [0.717, 1.165) is 0 Å². The van der Waals surface area contributed by atoms with Gasteiger partial charge in [-0.25, -0.2) is 0 Å². The summed E-state index contributed by atoms with van der Waals surface area (Å²) in [6.07, 6.45) is 0.831. The third-order valence-electron chi connectivity index (χ3n) is 0.573. The Hall–Kier alpha value is -0.810. The Morgan fingerprint density at radius 1 is 2.00 bits per heavy atom. The van der Waals surface area contributed by atoms with Gasteiger partial charge in [-0.15, -0.1) is 6.58 Å². The van der Waals surface area contributed by atoms with Crippen LogP contribution in [0, 0.1) is 11.3 Å². The summed E-state index contributed by atoms with van der Waals surface area (Å²) in [5.41, 5.74) is 0. The van der Waals surface area contributed by atoms with Gasteiger partial charge in [-0.2, -0.15) is 5.26 Å². The summed E-state index contributed by atoms with van der Waals surface area (Å²) < 4.78 is 0. The highest BCUT2D eigenvalue weighted by Crippen LogP contribution is 1.86. The van der Waals surface area contributed by atoms with Crippen molar-refractivity contribution in [3.63, 3.8) is 0 Å². The van der Waals surface area contributed by atoms with Crippen LogP contribution in [0.15, 0.2) is 12.7 Å². The normalized spacial score (nSPS) is 12.0. The first-order valence-corrected chi connectivity index (χ1v) is 1.99. The monoisotopic (exact) mass is 97.1 g/mol. The van der Waals surface area contributed by atoms with Gasteiger partial charge in [-0.3, -0.25) is 0 Å². The Kier molecular flexibility index (Phi) is 2.99. The molecule has 0 saturated heterocycles. The van der Waals surface area contributed by atoms with Gasteiger partial charge < -0.3 is 5.11 Å². The lowest BCUT2D eigenvalue weighted by molar-refractivity contribution is 0.229. The van der Waals surface area contributed by atoms with Crippen LogP contribution in [0.1, 0.15) is 6.42 Å². The van der Waals surface area contributed by atoms with Gasteiger partial charge >= 0.3 is 0 Å². The number of nitriles is 1. The summed E-state index contributed by atoms with van der Waals surface area (Å²) in [7, 11) is 0. The second kappa shape index (κ2) is 3.38. The lowest BCUT2D eigenvalue weighted by atomic mass is 10.3. The zero-order chi connectivity index (χ0) is 5.70. The first-order chi connectivity index (χ1) is 3.31. The Bertz CT molecular complexity index is 92.7. The minimum atomic E-state index is -0.648. The van der Waals surface area contributed by atoms with Gasteiger partial charge in [0.25, 0.3) is 0 Å². The van der Waals surface area contributed by atoms with E-state index in [1.807, 2.05) is 0 Å². The van der Waals surface area contributed by atoms with E-state index in [4.69, 9.17) is 10.4 Å². The van der Waals surface area contributed by atoms with E-state index in [2.05, 4.69) is 6.58 Å². The van der Waals surface area contributed by atoms with Crippen molar-refractivity contribution in [1.82, 2.24) is 0 Å². The molecule has 1 atom stereocenters. The summed E-state index contributed by atoms with van der Waals surface area (Å²) in [5.74, 6) is 0. The summed E-state index contributed by atoms with van der Waals surface area (Å²) >= 11 is 0. The minimum absolute atomic E-state index is 0.142.